The first-order valence-corrected chi connectivity index (χ1v) is 7.35. The van der Waals surface area contributed by atoms with Gasteiger partial charge in [-0.3, -0.25) is 14.5 Å². The molecule has 0 aliphatic carbocycles. The third-order valence-electron chi connectivity index (χ3n) is 4.00. The molecule has 1 fully saturated rings. The first-order chi connectivity index (χ1) is 10.5. The van der Waals surface area contributed by atoms with E-state index in [1.165, 1.54) is 0 Å². The molecule has 2 N–H and O–H groups in total. The summed E-state index contributed by atoms with van der Waals surface area (Å²) < 4.78 is 5.09. The molecule has 2 rings (SSSR count). The molecular weight excluding hydrogens is 284 g/mol. The van der Waals surface area contributed by atoms with Crippen molar-refractivity contribution < 1.29 is 19.4 Å². The van der Waals surface area contributed by atoms with Gasteiger partial charge in [0.05, 0.1) is 7.11 Å². The Balaban J connectivity index is 1.77. The third kappa shape index (κ3) is 4.21. The predicted octanol–water partition coefficient (Wildman–Crippen LogP) is 0.901. The van der Waals surface area contributed by atoms with E-state index in [2.05, 4.69) is 5.32 Å². The van der Waals surface area contributed by atoms with Crippen molar-refractivity contribution in [1.29, 1.82) is 0 Å². The highest BCUT2D eigenvalue weighted by molar-refractivity contribution is 5.77. The minimum absolute atomic E-state index is 0.0414. The number of aliphatic carboxylic acids is 1. The molecule has 1 aliphatic rings. The van der Waals surface area contributed by atoms with Crippen molar-refractivity contribution in [1.82, 2.24) is 10.2 Å². The van der Waals surface area contributed by atoms with Crippen LogP contribution in [-0.4, -0.2) is 54.7 Å². The molecule has 0 bridgehead atoms. The molecule has 120 valence electrons. The van der Waals surface area contributed by atoms with Gasteiger partial charge < -0.3 is 15.2 Å². The highest BCUT2D eigenvalue weighted by Gasteiger charge is 2.34. The number of likely N-dealkylation sites (N-methyl/N-ethyl adjacent to an activating group) is 1. The number of carbonyl (C=O) groups is 2. The van der Waals surface area contributed by atoms with Crippen LogP contribution in [0.15, 0.2) is 24.3 Å². The van der Waals surface area contributed by atoms with Gasteiger partial charge in [0.15, 0.2) is 0 Å². The van der Waals surface area contributed by atoms with Gasteiger partial charge in [0.25, 0.3) is 0 Å². The molecule has 0 saturated carbocycles. The fourth-order valence-electron chi connectivity index (χ4n) is 2.74. The number of methoxy groups -OCH3 is 1. The molecule has 2 atom stereocenters. The minimum Gasteiger partial charge on any atom is -0.497 e. The maximum atomic E-state index is 12.0. The number of ether oxygens (including phenoxy) is 1. The van der Waals surface area contributed by atoms with Crippen LogP contribution in [0.1, 0.15) is 18.4 Å². The summed E-state index contributed by atoms with van der Waals surface area (Å²) in [4.78, 5) is 24.8. The van der Waals surface area contributed by atoms with Crippen LogP contribution in [0.5, 0.6) is 5.75 Å². The molecule has 0 unspecified atom stereocenters. The van der Waals surface area contributed by atoms with Gasteiger partial charge in [0.1, 0.15) is 11.8 Å². The number of carbonyl (C=O) groups excluding carboxylic acids is 1. The normalized spacial score (nSPS) is 21.5. The van der Waals surface area contributed by atoms with E-state index in [0.717, 1.165) is 11.3 Å². The molecule has 0 radical (unpaired) electrons. The Morgan fingerprint density at radius 3 is 2.59 bits per heavy atom. The van der Waals surface area contributed by atoms with Gasteiger partial charge in [-0.15, -0.1) is 0 Å². The Hall–Kier alpha value is -2.08. The van der Waals surface area contributed by atoms with E-state index in [4.69, 9.17) is 9.84 Å². The van der Waals surface area contributed by atoms with Crippen molar-refractivity contribution in [2.45, 2.75) is 31.3 Å². The number of rotatable bonds is 6. The maximum Gasteiger partial charge on any atom is 0.320 e. The summed E-state index contributed by atoms with van der Waals surface area (Å²) in [6.45, 7) is 0.575. The van der Waals surface area contributed by atoms with Crippen molar-refractivity contribution in [3.05, 3.63) is 29.8 Å². The van der Waals surface area contributed by atoms with Crippen LogP contribution in [0.2, 0.25) is 0 Å². The summed E-state index contributed by atoms with van der Waals surface area (Å²) in [6, 6.07) is 7.03. The number of benzene rings is 1. The van der Waals surface area contributed by atoms with Crippen molar-refractivity contribution in [3.8, 4) is 5.75 Å². The second-order valence-corrected chi connectivity index (χ2v) is 5.64. The average molecular weight is 306 g/mol. The van der Waals surface area contributed by atoms with Crippen molar-refractivity contribution >= 4 is 11.9 Å². The lowest BCUT2D eigenvalue weighted by Crippen LogP contribution is -2.36. The van der Waals surface area contributed by atoms with Crippen LogP contribution in [-0.2, 0) is 16.0 Å². The van der Waals surface area contributed by atoms with Gasteiger partial charge in [0.2, 0.25) is 5.91 Å². The maximum absolute atomic E-state index is 12.0. The number of likely N-dealkylation sites (tertiary alicyclic amines) is 1. The molecule has 1 aromatic carbocycles. The highest BCUT2D eigenvalue weighted by Crippen LogP contribution is 2.16. The fourth-order valence-corrected chi connectivity index (χ4v) is 2.74. The molecule has 6 heteroatoms. The van der Waals surface area contributed by atoms with Crippen LogP contribution in [0.4, 0.5) is 0 Å². The summed E-state index contributed by atoms with van der Waals surface area (Å²) >= 11 is 0. The number of aryl methyl sites for hydroxylation is 1. The molecule has 1 heterocycles. The molecule has 22 heavy (non-hydrogen) atoms. The Labute approximate surface area is 130 Å². The zero-order chi connectivity index (χ0) is 16.1. The lowest BCUT2D eigenvalue weighted by molar-refractivity contribution is -0.141. The standard InChI is InChI=1S/C16H22N2O4/c1-18-10-12(9-14(18)16(20)21)17-15(19)8-5-11-3-6-13(22-2)7-4-11/h3-4,6-7,12,14H,5,8-10H2,1-2H3,(H,17,19)(H,20,21)/t12-,14-/m0/s1. The lowest BCUT2D eigenvalue weighted by Gasteiger charge is -2.13. The second-order valence-electron chi connectivity index (χ2n) is 5.64. The van der Waals surface area contributed by atoms with E-state index in [0.29, 0.717) is 25.8 Å². The lowest BCUT2D eigenvalue weighted by atomic mass is 10.1. The van der Waals surface area contributed by atoms with Crippen molar-refractivity contribution in [2.24, 2.45) is 0 Å². The van der Waals surface area contributed by atoms with Crippen LogP contribution < -0.4 is 10.1 Å². The van der Waals surface area contributed by atoms with Gasteiger partial charge >= 0.3 is 5.97 Å². The van der Waals surface area contributed by atoms with Crippen molar-refractivity contribution in [3.63, 3.8) is 0 Å². The second kappa shape index (κ2) is 7.26. The number of nitrogens with zero attached hydrogens (tertiary/aromatic N) is 1. The Morgan fingerprint density at radius 2 is 2.05 bits per heavy atom. The minimum atomic E-state index is -0.836. The Kier molecular flexibility index (Phi) is 5.38. The summed E-state index contributed by atoms with van der Waals surface area (Å²) in [6.07, 6.45) is 1.51. The molecule has 1 amide bonds. The Bertz CT molecular complexity index is 529. The largest absolute Gasteiger partial charge is 0.497 e. The monoisotopic (exact) mass is 306 g/mol. The quantitative estimate of drug-likeness (QED) is 0.816. The smallest absolute Gasteiger partial charge is 0.320 e. The number of hydrogen-bond donors (Lipinski definition) is 2. The van der Waals surface area contributed by atoms with Gasteiger partial charge in [-0.25, -0.2) is 0 Å². The van der Waals surface area contributed by atoms with E-state index < -0.39 is 12.0 Å². The topological polar surface area (TPSA) is 78.9 Å². The van der Waals surface area contributed by atoms with E-state index >= 15 is 0 Å². The predicted molar refractivity (Wildman–Crippen MR) is 81.9 cm³/mol. The molecule has 6 nitrogen and oxygen atoms in total. The number of hydrogen-bond acceptors (Lipinski definition) is 4. The van der Waals surface area contributed by atoms with Gasteiger partial charge in [-0.05, 0) is 37.6 Å². The summed E-state index contributed by atoms with van der Waals surface area (Å²) in [5.74, 6) is -0.0837. The zero-order valence-electron chi connectivity index (χ0n) is 12.9. The van der Waals surface area contributed by atoms with E-state index in [1.807, 2.05) is 24.3 Å². The number of carboxylic acids is 1. The zero-order valence-corrected chi connectivity index (χ0v) is 12.9. The SMILES string of the molecule is COc1ccc(CCC(=O)N[C@H]2C[C@@H](C(=O)O)N(C)C2)cc1. The first-order valence-electron chi connectivity index (χ1n) is 7.35. The van der Waals surface area contributed by atoms with Crippen LogP contribution in [0.3, 0.4) is 0 Å². The highest BCUT2D eigenvalue weighted by atomic mass is 16.5. The Morgan fingerprint density at radius 1 is 1.36 bits per heavy atom. The molecule has 1 saturated heterocycles. The third-order valence-corrected chi connectivity index (χ3v) is 4.00. The van der Waals surface area contributed by atoms with Gasteiger partial charge in [-0.2, -0.15) is 0 Å². The van der Waals surface area contributed by atoms with Crippen LogP contribution >= 0.6 is 0 Å². The van der Waals surface area contributed by atoms with Gasteiger partial charge in [-0.1, -0.05) is 12.1 Å². The summed E-state index contributed by atoms with van der Waals surface area (Å²) in [5.41, 5.74) is 1.07. The molecule has 0 spiro atoms. The first kappa shape index (κ1) is 16.3. The number of nitrogens with one attached hydrogen (secondary N) is 1. The number of carboxylic acid groups (broad SMARTS) is 1. The molecule has 1 aliphatic heterocycles. The number of amides is 1. The molecule has 1 aromatic rings. The average Bonchev–Trinajstić information content (AvgIpc) is 2.86. The van der Waals surface area contributed by atoms with E-state index in [-0.39, 0.29) is 11.9 Å². The fraction of sp³-hybridized carbons (Fsp3) is 0.500. The van der Waals surface area contributed by atoms with Crippen LogP contribution in [0.25, 0.3) is 0 Å². The molecular formula is C16H22N2O4. The van der Waals surface area contributed by atoms with Crippen molar-refractivity contribution in [2.75, 3.05) is 20.7 Å². The van der Waals surface area contributed by atoms with Gasteiger partial charge in [0, 0.05) is 19.0 Å². The van der Waals surface area contributed by atoms with E-state index in [9.17, 15) is 9.59 Å². The molecule has 0 aromatic heterocycles. The van der Waals surface area contributed by atoms with Crippen LogP contribution in [0, 0.1) is 0 Å². The summed E-state index contributed by atoms with van der Waals surface area (Å²) in [5, 5.41) is 12.0. The van der Waals surface area contributed by atoms with E-state index in [1.54, 1.807) is 19.1 Å². The summed E-state index contributed by atoms with van der Waals surface area (Å²) in [7, 11) is 3.38.